The molecule has 3 unspecified atom stereocenters. The standard InChI is InChI=1S/C20H20O9/c21-7-11-16(24)18(26)19(28-11)14-13-10(29-20(27)17(14)25)6-9(22)15(23)12(13)8-4-2-1-3-5-8/h1-6,11,14,16,18-24,26-27H,7H2/t11-,14?,16-,18+,19?,20?/m1/s1. The summed E-state index contributed by atoms with van der Waals surface area (Å²) < 4.78 is 10.8. The highest BCUT2D eigenvalue weighted by Crippen LogP contribution is 2.51. The van der Waals surface area contributed by atoms with Crippen LogP contribution in [0, 0.1) is 0 Å². The van der Waals surface area contributed by atoms with Crippen LogP contribution in [0.1, 0.15) is 11.5 Å². The van der Waals surface area contributed by atoms with E-state index in [1.54, 1.807) is 30.3 Å². The summed E-state index contributed by atoms with van der Waals surface area (Å²) in [6, 6.07) is 9.45. The Labute approximate surface area is 165 Å². The number of hydrogen-bond donors (Lipinski definition) is 6. The van der Waals surface area contributed by atoms with Crippen molar-refractivity contribution in [3.63, 3.8) is 0 Å². The Bertz CT molecular complexity index is 929. The van der Waals surface area contributed by atoms with Gasteiger partial charge in [0.15, 0.2) is 11.5 Å². The topological polar surface area (TPSA) is 157 Å². The van der Waals surface area contributed by atoms with E-state index in [1.165, 1.54) is 0 Å². The van der Waals surface area contributed by atoms with Crippen molar-refractivity contribution in [3.8, 4) is 28.4 Å². The van der Waals surface area contributed by atoms with E-state index in [0.29, 0.717) is 5.56 Å². The molecule has 0 bridgehead atoms. The van der Waals surface area contributed by atoms with E-state index in [1.807, 2.05) is 0 Å². The monoisotopic (exact) mass is 404 g/mol. The molecule has 154 valence electrons. The van der Waals surface area contributed by atoms with Gasteiger partial charge < -0.3 is 40.1 Å². The fraction of sp³-hybridized carbons (Fsp3) is 0.350. The molecule has 0 saturated carbocycles. The second-order valence-corrected chi connectivity index (χ2v) is 7.05. The minimum Gasteiger partial charge on any atom is -0.504 e. The molecule has 6 atom stereocenters. The van der Waals surface area contributed by atoms with Crippen molar-refractivity contribution in [2.75, 3.05) is 6.61 Å². The van der Waals surface area contributed by atoms with Crippen molar-refractivity contribution in [2.24, 2.45) is 0 Å². The number of aromatic hydroxyl groups is 2. The van der Waals surface area contributed by atoms with Crippen LogP contribution in [0.15, 0.2) is 36.4 Å². The molecule has 4 rings (SSSR count). The van der Waals surface area contributed by atoms with E-state index < -0.39 is 60.5 Å². The van der Waals surface area contributed by atoms with Gasteiger partial charge in [0, 0.05) is 17.2 Å². The number of ketones is 1. The Morgan fingerprint density at radius 3 is 2.31 bits per heavy atom. The number of phenols is 2. The number of carbonyl (C=O) groups is 1. The molecule has 0 aliphatic carbocycles. The fourth-order valence-electron chi connectivity index (χ4n) is 3.96. The van der Waals surface area contributed by atoms with Gasteiger partial charge in [-0.05, 0) is 5.56 Å². The molecule has 0 aromatic heterocycles. The number of aliphatic hydroxyl groups excluding tert-OH is 4. The summed E-state index contributed by atoms with van der Waals surface area (Å²) in [6.45, 7) is -0.589. The molecule has 6 N–H and O–H groups in total. The average Bonchev–Trinajstić information content (AvgIpc) is 3.00. The zero-order valence-corrected chi connectivity index (χ0v) is 15.0. The van der Waals surface area contributed by atoms with Crippen molar-refractivity contribution in [3.05, 3.63) is 42.0 Å². The van der Waals surface area contributed by atoms with Crippen LogP contribution in [0.5, 0.6) is 17.2 Å². The van der Waals surface area contributed by atoms with Crippen LogP contribution in [0.3, 0.4) is 0 Å². The van der Waals surface area contributed by atoms with Gasteiger partial charge in [0.25, 0.3) is 6.29 Å². The molecule has 0 radical (unpaired) electrons. The number of aliphatic hydroxyl groups is 4. The first kappa shape index (κ1) is 19.6. The predicted molar refractivity (Wildman–Crippen MR) is 97.4 cm³/mol. The molecule has 29 heavy (non-hydrogen) atoms. The van der Waals surface area contributed by atoms with Crippen LogP contribution in [-0.2, 0) is 9.53 Å². The van der Waals surface area contributed by atoms with Crippen LogP contribution in [0.25, 0.3) is 11.1 Å². The van der Waals surface area contributed by atoms with Crippen LogP contribution in [0.4, 0.5) is 0 Å². The van der Waals surface area contributed by atoms with Crippen molar-refractivity contribution < 1.29 is 44.9 Å². The number of rotatable bonds is 3. The van der Waals surface area contributed by atoms with Crippen molar-refractivity contribution in [2.45, 2.75) is 36.6 Å². The summed E-state index contributed by atoms with van der Waals surface area (Å²) in [4.78, 5) is 12.8. The number of Topliss-reactive ketones (excluding diaryl/α,β-unsaturated/α-hetero) is 1. The maximum absolute atomic E-state index is 12.8. The maximum atomic E-state index is 12.8. The largest absolute Gasteiger partial charge is 0.504 e. The van der Waals surface area contributed by atoms with Crippen molar-refractivity contribution in [1.82, 2.24) is 0 Å². The Balaban J connectivity index is 1.94. The van der Waals surface area contributed by atoms with E-state index in [0.717, 1.165) is 6.07 Å². The number of benzene rings is 2. The van der Waals surface area contributed by atoms with Crippen LogP contribution < -0.4 is 4.74 Å². The zero-order valence-electron chi connectivity index (χ0n) is 15.0. The molecule has 1 saturated heterocycles. The lowest BCUT2D eigenvalue weighted by atomic mass is 9.79. The summed E-state index contributed by atoms with van der Waals surface area (Å²) in [5.74, 6) is -3.30. The van der Waals surface area contributed by atoms with Gasteiger partial charge >= 0.3 is 0 Å². The number of phenolic OH excluding ortho intramolecular Hbond substituents is 2. The van der Waals surface area contributed by atoms with Gasteiger partial charge in [-0.25, -0.2) is 0 Å². The first-order valence-electron chi connectivity index (χ1n) is 9.00. The van der Waals surface area contributed by atoms with Crippen molar-refractivity contribution >= 4 is 5.78 Å². The number of fused-ring (bicyclic) bond motifs is 1. The second kappa shape index (κ2) is 7.29. The summed E-state index contributed by atoms with van der Waals surface area (Å²) in [5, 5.41) is 60.7. The average molecular weight is 404 g/mol. The molecule has 9 heteroatoms. The maximum Gasteiger partial charge on any atom is 0.258 e. The van der Waals surface area contributed by atoms with Gasteiger partial charge in [0.1, 0.15) is 30.2 Å². The molecule has 2 aromatic rings. The lowest BCUT2D eigenvalue weighted by molar-refractivity contribution is -0.151. The molecule has 2 aliphatic rings. The molecule has 0 amide bonds. The predicted octanol–water partition coefficient (Wildman–Crippen LogP) is -0.390. The number of hydrogen-bond acceptors (Lipinski definition) is 9. The molecule has 9 nitrogen and oxygen atoms in total. The Hall–Kier alpha value is -2.69. The van der Waals surface area contributed by atoms with Gasteiger partial charge in [0.05, 0.1) is 12.5 Å². The molecule has 2 aliphatic heterocycles. The summed E-state index contributed by atoms with van der Waals surface area (Å²) in [6.07, 6.45) is -7.34. The Morgan fingerprint density at radius 1 is 1.00 bits per heavy atom. The molecule has 0 spiro atoms. The van der Waals surface area contributed by atoms with Gasteiger partial charge in [0.2, 0.25) is 5.78 Å². The lowest BCUT2D eigenvalue weighted by Crippen LogP contribution is -2.45. The highest BCUT2D eigenvalue weighted by atomic mass is 16.6. The summed E-state index contributed by atoms with van der Waals surface area (Å²) in [7, 11) is 0. The van der Waals surface area contributed by atoms with E-state index in [-0.39, 0.29) is 16.9 Å². The molecular weight excluding hydrogens is 384 g/mol. The Kier molecular flexibility index (Phi) is 4.93. The summed E-state index contributed by atoms with van der Waals surface area (Å²) in [5.41, 5.74) is 0.613. The van der Waals surface area contributed by atoms with Crippen LogP contribution in [0.2, 0.25) is 0 Å². The SMILES string of the molecule is O=C1C(O)Oc2cc(O)c(O)c(-c3ccccc3)c2C1C1O[C@H](CO)[C@@H](O)[C@@H]1O. The molecule has 1 fully saturated rings. The third-order valence-electron chi connectivity index (χ3n) is 5.35. The third-order valence-corrected chi connectivity index (χ3v) is 5.35. The van der Waals surface area contributed by atoms with Gasteiger partial charge in [-0.15, -0.1) is 0 Å². The minimum atomic E-state index is -1.90. The van der Waals surface area contributed by atoms with Gasteiger partial charge in [-0.3, -0.25) is 4.79 Å². The van der Waals surface area contributed by atoms with E-state index in [9.17, 15) is 35.4 Å². The van der Waals surface area contributed by atoms with Crippen molar-refractivity contribution in [1.29, 1.82) is 0 Å². The zero-order chi connectivity index (χ0) is 20.9. The quantitative estimate of drug-likeness (QED) is 0.375. The first-order valence-corrected chi connectivity index (χ1v) is 9.00. The van der Waals surface area contributed by atoms with Gasteiger partial charge in [-0.1, -0.05) is 30.3 Å². The summed E-state index contributed by atoms with van der Waals surface area (Å²) >= 11 is 0. The van der Waals surface area contributed by atoms with E-state index in [4.69, 9.17) is 9.47 Å². The van der Waals surface area contributed by atoms with Crippen LogP contribution in [-0.4, -0.2) is 73.7 Å². The van der Waals surface area contributed by atoms with Crippen LogP contribution >= 0.6 is 0 Å². The lowest BCUT2D eigenvalue weighted by Gasteiger charge is -2.34. The number of ether oxygens (including phenoxy) is 2. The highest BCUT2D eigenvalue weighted by Gasteiger charge is 2.53. The smallest absolute Gasteiger partial charge is 0.258 e. The normalized spacial score (nSPS) is 31.4. The molecule has 2 heterocycles. The van der Waals surface area contributed by atoms with E-state index >= 15 is 0 Å². The first-order chi connectivity index (χ1) is 13.8. The third kappa shape index (κ3) is 3.04. The number of carbonyl (C=O) groups excluding carboxylic acids is 1. The van der Waals surface area contributed by atoms with Gasteiger partial charge in [-0.2, -0.15) is 0 Å². The molecular formula is C20H20O9. The second-order valence-electron chi connectivity index (χ2n) is 7.05. The van der Waals surface area contributed by atoms with E-state index in [2.05, 4.69) is 0 Å². The highest BCUT2D eigenvalue weighted by molar-refractivity contribution is 5.96. The molecule has 2 aromatic carbocycles. The Morgan fingerprint density at radius 2 is 1.69 bits per heavy atom. The minimum absolute atomic E-state index is 0.0728. The fourth-order valence-corrected chi connectivity index (χ4v) is 3.96.